The number of rotatable bonds is 5. The van der Waals surface area contributed by atoms with Gasteiger partial charge in [0, 0.05) is 18.9 Å². The van der Waals surface area contributed by atoms with Crippen LogP contribution < -0.4 is 5.01 Å². The van der Waals surface area contributed by atoms with Crippen LogP contribution in [0, 0.1) is 5.92 Å². The molecule has 158 valence electrons. The number of anilines is 1. The van der Waals surface area contributed by atoms with Crippen molar-refractivity contribution in [1.82, 2.24) is 0 Å². The lowest BCUT2D eigenvalue weighted by Gasteiger charge is -2.15. The monoisotopic (exact) mass is 424 g/mol. The number of alkyl halides is 5. The minimum absolute atomic E-state index is 0.0928. The number of nitrogens with zero attached hydrogens (tertiary/aromatic N) is 2. The van der Waals surface area contributed by atoms with Gasteiger partial charge in [-0.25, -0.2) is 8.78 Å². The van der Waals surface area contributed by atoms with Gasteiger partial charge in [0.15, 0.2) is 5.78 Å². The van der Waals surface area contributed by atoms with E-state index in [9.17, 15) is 31.5 Å². The van der Waals surface area contributed by atoms with E-state index >= 15 is 0 Å². The first-order valence-corrected chi connectivity index (χ1v) is 8.94. The van der Waals surface area contributed by atoms with Crippen molar-refractivity contribution in [1.29, 1.82) is 0 Å². The first kappa shape index (κ1) is 21.6. The second-order valence-electron chi connectivity index (χ2n) is 7.10. The molecule has 1 amide bonds. The third kappa shape index (κ3) is 4.39. The fourth-order valence-electron chi connectivity index (χ4n) is 3.17. The highest BCUT2D eigenvalue weighted by atomic mass is 19.4. The number of hydrogen-bond acceptors (Lipinski definition) is 3. The molecule has 0 spiro atoms. The van der Waals surface area contributed by atoms with Crippen LogP contribution in [-0.4, -0.2) is 17.4 Å². The first-order valence-electron chi connectivity index (χ1n) is 8.94. The number of hydrazone groups is 1. The number of hydrogen-bond donors (Lipinski definition) is 0. The molecule has 1 heterocycles. The predicted molar refractivity (Wildman–Crippen MR) is 100 cm³/mol. The van der Waals surface area contributed by atoms with Gasteiger partial charge in [-0.3, -0.25) is 9.59 Å². The van der Waals surface area contributed by atoms with Crippen LogP contribution in [0.5, 0.6) is 0 Å². The summed E-state index contributed by atoms with van der Waals surface area (Å²) in [6.45, 7) is 2.20. The highest BCUT2D eigenvalue weighted by molar-refractivity contribution is 6.27. The van der Waals surface area contributed by atoms with Gasteiger partial charge in [-0.15, -0.1) is 0 Å². The van der Waals surface area contributed by atoms with E-state index in [-0.39, 0.29) is 23.4 Å². The number of carbonyl (C=O) groups is 2. The zero-order chi connectivity index (χ0) is 22.3. The molecule has 2 aromatic rings. The van der Waals surface area contributed by atoms with Gasteiger partial charge in [-0.2, -0.15) is 23.3 Å². The van der Waals surface area contributed by atoms with Crippen molar-refractivity contribution in [3.05, 3.63) is 65.2 Å². The Balaban J connectivity index is 1.78. The second-order valence-corrected chi connectivity index (χ2v) is 7.10. The van der Waals surface area contributed by atoms with Gasteiger partial charge >= 0.3 is 6.18 Å². The van der Waals surface area contributed by atoms with Gasteiger partial charge in [-0.05, 0) is 42.8 Å². The van der Waals surface area contributed by atoms with Crippen LogP contribution in [0.1, 0.15) is 30.5 Å². The van der Waals surface area contributed by atoms with Gasteiger partial charge in [0.25, 0.3) is 11.8 Å². The van der Waals surface area contributed by atoms with Crippen LogP contribution in [0.15, 0.2) is 53.6 Å². The number of ketones is 1. The molecule has 9 heteroatoms. The van der Waals surface area contributed by atoms with Crippen molar-refractivity contribution in [2.75, 3.05) is 5.01 Å². The Morgan fingerprint density at radius 2 is 1.67 bits per heavy atom. The largest absolute Gasteiger partial charge is 0.416 e. The molecule has 1 aliphatic heterocycles. The molecule has 1 unspecified atom stereocenters. The summed E-state index contributed by atoms with van der Waals surface area (Å²) in [5.41, 5.74) is -0.522. The average molecular weight is 424 g/mol. The smallest absolute Gasteiger partial charge is 0.298 e. The summed E-state index contributed by atoms with van der Waals surface area (Å²) in [6, 6.07) is 9.19. The van der Waals surface area contributed by atoms with Gasteiger partial charge in [-0.1, -0.05) is 18.2 Å². The van der Waals surface area contributed by atoms with Crippen LogP contribution in [-0.2, 0) is 28.1 Å². The SMILES string of the molecule is CC1=NN(c2ccc(C(F)(F)F)cc2)C(=O)C1C(=O)Cc1cccc(C(C)(F)F)c1. The van der Waals surface area contributed by atoms with E-state index in [4.69, 9.17) is 0 Å². The maximum Gasteiger partial charge on any atom is 0.416 e. The Bertz CT molecular complexity index is 1010. The summed E-state index contributed by atoms with van der Waals surface area (Å²) in [6.07, 6.45) is -4.77. The summed E-state index contributed by atoms with van der Waals surface area (Å²) in [5, 5.41) is 4.89. The highest BCUT2D eigenvalue weighted by Gasteiger charge is 2.40. The van der Waals surface area contributed by atoms with Crippen molar-refractivity contribution in [3.63, 3.8) is 0 Å². The molecule has 4 nitrogen and oxygen atoms in total. The number of Topliss-reactive ketones (excluding diaryl/α,β-unsaturated/α-hetero) is 1. The Morgan fingerprint density at radius 3 is 2.23 bits per heavy atom. The lowest BCUT2D eigenvalue weighted by molar-refractivity contribution is -0.137. The predicted octanol–water partition coefficient (Wildman–Crippen LogP) is 4.97. The normalized spacial score (nSPS) is 17.3. The molecule has 30 heavy (non-hydrogen) atoms. The molecule has 3 rings (SSSR count). The highest BCUT2D eigenvalue weighted by Crippen LogP contribution is 2.32. The topological polar surface area (TPSA) is 49.7 Å². The van der Waals surface area contributed by atoms with Crippen LogP contribution in [0.3, 0.4) is 0 Å². The van der Waals surface area contributed by atoms with E-state index in [2.05, 4.69) is 5.10 Å². The fraction of sp³-hybridized carbons (Fsp3) is 0.286. The summed E-state index contributed by atoms with van der Waals surface area (Å²) in [7, 11) is 0. The zero-order valence-corrected chi connectivity index (χ0v) is 16.0. The van der Waals surface area contributed by atoms with E-state index in [0.717, 1.165) is 36.2 Å². The van der Waals surface area contributed by atoms with E-state index in [1.165, 1.54) is 31.2 Å². The van der Waals surface area contributed by atoms with Crippen molar-refractivity contribution in [2.45, 2.75) is 32.4 Å². The van der Waals surface area contributed by atoms with E-state index in [1.807, 2.05) is 0 Å². The fourth-order valence-corrected chi connectivity index (χ4v) is 3.17. The molecule has 0 saturated heterocycles. The number of carbonyl (C=O) groups excluding carboxylic acids is 2. The van der Waals surface area contributed by atoms with E-state index < -0.39 is 35.3 Å². The minimum atomic E-state index is -4.52. The van der Waals surface area contributed by atoms with Gasteiger partial charge < -0.3 is 0 Å². The molecule has 0 N–H and O–H groups in total. The second kappa shape index (κ2) is 7.62. The van der Waals surface area contributed by atoms with E-state index in [1.54, 1.807) is 0 Å². The molecular weight excluding hydrogens is 407 g/mol. The zero-order valence-electron chi connectivity index (χ0n) is 16.0. The molecule has 0 aliphatic carbocycles. The van der Waals surface area contributed by atoms with Crippen molar-refractivity contribution < 1.29 is 31.5 Å². The summed E-state index contributed by atoms with van der Waals surface area (Å²) in [5.74, 6) is -5.53. The maximum atomic E-state index is 13.5. The molecule has 2 aromatic carbocycles. The third-order valence-electron chi connectivity index (χ3n) is 4.70. The van der Waals surface area contributed by atoms with E-state index in [0.29, 0.717) is 5.56 Å². The molecule has 1 aliphatic rings. The molecule has 0 fully saturated rings. The molecule has 0 radical (unpaired) electrons. The minimum Gasteiger partial charge on any atom is -0.298 e. The summed E-state index contributed by atoms with van der Waals surface area (Å²) in [4.78, 5) is 25.4. The van der Waals surface area contributed by atoms with Crippen molar-refractivity contribution in [2.24, 2.45) is 11.0 Å². The molecular formula is C21H17F5N2O2. The number of benzene rings is 2. The Hall–Kier alpha value is -3.10. The molecule has 0 bridgehead atoms. The first-order chi connectivity index (χ1) is 13.9. The standard InChI is InChI=1S/C21H17F5N2O2/c1-12-18(17(29)11-13-4-3-5-15(10-13)20(2,22)23)19(30)28(27-12)16-8-6-14(7-9-16)21(24,25)26/h3-10,18H,11H2,1-2H3. The number of halogens is 5. The van der Waals surface area contributed by atoms with Crippen molar-refractivity contribution in [3.8, 4) is 0 Å². The number of amides is 1. The summed E-state index contributed by atoms with van der Waals surface area (Å²) < 4.78 is 65.1. The Morgan fingerprint density at radius 1 is 1.03 bits per heavy atom. The summed E-state index contributed by atoms with van der Waals surface area (Å²) >= 11 is 0. The molecule has 0 aromatic heterocycles. The Kier molecular flexibility index (Phi) is 5.49. The van der Waals surface area contributed by atoms with Crippen LogP contribution in [0.25, 0.3) is 0 Å². The molecule has 0 saturated carbocycles. The van der Waals surface area contributed by atoms with Crippen molar-refractivity contribution >= 4 is 23.1 Å². The van der Waals surface area contributed by atoms with Crippen LogP contribution >= 0.6 is 0 Å². The van der Waals surface area contributed by atoms with Crippen LogP contribution in [0.4, 0.5) is 27.6 Å². The van der Waals surface area contributed by atoms with Gasteiger partial charge in [0.05, 0.1) is 17.0 Å². The van der Waals surface area contributed by atoms with Gasteiger partial charge in [0.2, 0.25) is 0 Å². The Labute approximate surface area is 169 Å². The third-order valence-corrected chi connectivity index (χ3v) is 4.70. The lowest BCUT2D eigenvalue weighted by atomic mass is 9.93. The maximum absolute atomic E-state index is 13.5. The average Bonchev–Trinajstić information content (AvgIpc) is 2.95. The van der Waals surface area contributed by atoms with Crippen LogP contribution in [0.2, 0.25) is 0 Å². The lowest BCUT2D eigenvalue weighted by Crippen LogP contribution is -2.33. The quantitative estimate of drug-likeness (QED) is 0.503. The molecule has 1 atom stereocenters. The van der Waals surface area contributed by atoms with Gasteiger partial charge in [0.1, 0.15) is 5.92 Å².